The van der Waals surface area contributed by atoms with Gasteiger partial charge in [-0.25, -0.2) is 9.07 Å². The number of anilines is 1. The van der Waals surface area contributed by atoms with Crippen molar-refractivity contribution in [2.45, 2.75) is 44.6 Å². The predicted octanol–water partition coefficient (Wildman–Crippen LogP) is 3.71. The fourth-order valence-corrected chi connectivity index (χ4v) is 3.03. The Labute approximate surface area is 129 Å². The van der Waals surface area contributed by atoms with E-state index in [2.05, 4.69) is 10.4 Å². The highest BCUT2D eigenvalue weighted by Crippen LogP contribution is 2.29. The van der Waals surface area contributed by atoms with Gasteiger partial charge in [0.05, 0.1) is 18.7 Å². The summed E-state index contributed by atoms with van der Waals surface area (Å²) >= 11 is 0. The highest BCUT2D eigenvalue weighted by atomic mass is 19.1. The molecule has 2 aromatic rings. The van der Waals surface area contributed by atoms with Gasteiger partial charge in [-0.1, -0.05) is 37.5 Å². The number of amides is 1. The predicted molar refractivity (Wildman–Crippen MR) is 83.1 cm³/mol. The Morgan fingerprint density at radius 1 is 1.23 bits per heavy atom. The highest BCUT2D eigenvalue weighted by Gasteiger charge is 2.19. The number of benzene rings is 1. The molecule has 0 spiro atoms. The first-order valence-corrected chi connectivity index (χ1v) is 7.81. The molecule has 1 fully saturated rings. The van der Waals surface area contributed by atoms with Crippen LogP contribution in [0.5, 0.6) is 0 Å². The van der Waals surface area contributed by atoms with Crippen LogP contribution in [0.25, 0.3) is 0 Å². The van der Waals surface area contributed by atoms with Crippen LogP contribution in [0.3, 0.4) is 0 Å². The number of nitrogens with one attached hydrogen (secondary N) is 1. The standard InChI is InChI=1S/C17H20FN3O/c18-15-9-5-4-6-13(15)12-17(22)20-16-10-11-19-21(16)14-7-2-1-3-8-14/h4-6,9-11,14H,1-3,7-8,12H2,(H,20,22). The maximum absolute atomic E-state index is 13.6. The molecule has 1 aliphatic rings. The summed E-state index contributed by atoms with van der Waals surface area (Å²) in [6.07, 6.45) is 7.60. The summed E-state index contributed by atoms with van der Waals surface area (Å²) in [5.41, 5.74) is 0.406. The molecule has 1 aromatic carbocycles. The van der Waals surface area contributed by atoms with E-state index in [1.807, 2.05) is 4.68 Å². The molecule has 4 nitrogen and oxygen atoms in total. The van der Waals surface area contributed by atoms with Gasteiger partial charge in [0.2, 0.25) is 5.91 Å². The minimum Gasteiger partial charge on any atom is -0.311 e. The summed E-state index contributed by atoms with van der Waals surface area (Å²) in [6, 6.07) is 8.51. The van der Waals surface area contributed by atoms with Crippen LogP contribution in [0.2, 0.25) is 0 Å². The number of carbonyl (C=O) groups is 1. The number of halogens is 1. The Balaban J connectivity index is 1.67. The molecule has 5 heteroatoms. The largest absolute Gasteiger partial charge is 0.311 e. The fraction of sp³-hybridized carbons (Fsp3) is 0.412. The number of rotatable bonds is 4. The molecule has 3 rings (SSSR count). The number of carbonyl (C=O) groups excluding carboxylic acids is 1. The summed E-state index contributed by atoms with van der Waals surface area (Å²) in [7, 11) is 0. The third-order valence-corrected chi connectivity index (χ3v) is 4.17. The molecule has 1 saturated carbocycles. The summed E-state index contributed by atoms with van der Waals surface area (Å²) in [4.78, 5) is 12.1. The van der Waals surface area contributed by atoms with E-state index in [0.717, 1.165) is 12.8 Å². The van der Waals surface area contributed by atoms with Gasteiger partial charge in [-0.2, -0.15) is 5.10 Å². The molecule has 0 aliphatic heterocycles. The Bertz CT molecular complexity index is 647. The Kier molecular flexibility index (Phi) is 4.51. The smallest absolute Gasteiger partial charge is 0.230 e. The monoisotopic (exact) mass is 301 g/mol. The van der Waals surface area contributed by atoms with Crippen LogP contribution in [0, 0.1) is 5.82 Å². The van der Waals surface area contributed by atoms with Crippen LogP contribution >= 0.6 is 0 Å². The van der Waals surface area contributed by atoms with Crippen LogP contribution in [-0.4, -0.2) is 15.7 Å². The second-order valence-electron chi connectivity index (χ2n) is 5.77. The normalized spacial score (nSPS) is 15.7. The number of aromatic nitrogens is 2. The first-order valence-electron chi connectivity index (χ1n) is 7.81. The van der Waals surface area contributed by atoms with E-state index in [-0.39, 0.29) is 18.1 Å². The maximum Gasteiger partial charge on any atom is 0.230 e. The van der Waals surface area contributed by atoms with E-state index < -0.39 is 0 Å². The third-order valence-electron chi connectivity index (χ3n) is 4.17. The van der Waals surface area contributed by atoms with Crippen LogP contribution < -0.4 is 5.32 Å². The first kappa shape index (κ1) is 14.8. The molecule has 1 aromatic heterocycles. The molecule has 0 radical (unpaired) electrons. The van der Waals surface area contributed by atoms with Crippen molar-refractivity contribution in [3.8, 4) is 0 Å². The molecule has 22 heavy (non-hydrogen) atoms. The van der Waals surface area contributed by atoms with Gasteiger partial charge in [-0.15, -0.1) is 0 Å². The molecule has 1 aliphatic carbocycles. The molecule has 0 unspecified atom stereocenters. The fourth-order valence-electron chi connectivity index (χ4n) is 3.03. The lowest BCUT2D eigenvalue weighted by molar-refractivity contribution is -0.115. The zero-order valence-electron chi connectivity index (χ0n) is 12.5. The molecular formula is C17H20FN3O. The molecule has 0 bridgehead atoms. The topological polar surface area (TPSA) is 46.9 Å². The Morgan fingerprint density at radius 3 is 2.77 bits per heavy atom. The average molecular weight is 301 g/mol. The second kappa shape index (κ2) is 6.73. The Morgan fingerprint density at radius 2 is 2.00 bits per heavy atom. The molecule has 116 valence electrons. The van der Waals surface area contributed by atoms with E-state index in [1.54, 1.807) is 30.5 Å². The lowest BCUT2D eigenvalue weighted by Gasteiger charge is -2.23. The molecule has 1 N–H and O–H groups in total. The second-order valence-corrected chi connectivity index (χ2v) is 5.77. The third kappa shape index (κ3) is 3.35. The summed E-state index contributed by atoms with van der Waals surface area (Å²) < 4.78 is 15.5. The quantitative estimate of drug-likeness (QED) is 0.935. The summed E-state index contributed by atoms with van der Waals surface area (Å²) in [6.45, 7) is 0. The van der Waals surface area contributed by atoms with Crippen molar-refractivity contribution in [2.75, 3.05) is 5.32 Å². The van der Waals surface area contributed by atoms with Crippen LogP contribution in [-0.2, 0) is 11.2 Å². The van der Waals surface area contributed by atoms with Crippen molar-refractivity contribution < 1.29 is 9.18 Å². The molecule has 1 heterocycles. The van der Waals surface area contributed by atoms with E-state index in [4.69, 9.17) is 0 Å². The maximum atomic E-state index is 13.6. The van der Waals surface area contributed by atoms with Crippen molar-refractivity contribution in [1.29, 1.82) is 0 Å². The van der Waals surface area contributed by atoms with Gasteiger partial charge < -0.3 is 5.32 Å². The van der Waals surface area contributed by atoms with Gasteiger partial charge in [0.1, 0.15) is 11.6 Å². The molecule has 1 amide bonds. The number of nitrogens with zero attached hydrogens (tertiary/aromatic N) is 2. The van der Waals surface area contributed by atoms with Crippen LogP contribution in [0.4, 0.5) is 10.2 Å². The first-order chi connectivity index (χ1) is 10.7. The van der Waals surface area contributed by atoms with Crippen molar-refractivity contribution in [3.63, 3.8) is 0 Å². The average Bonchev–Trinajstić information content (AvgIpc) is 2.98. The Hall–Kier alpha value is -2.17. The van der Waals surface area contributed by atoms with Crippen LogP contribution in [0.1, 0.15) is 43.7 Å². The summed E-state index contributed by atoms with van der Waals surface area (Å²) in [5, 5.41) is 7.20. The lowest BCUT2D eigenvalue weighted by Crippen LogP contribution is -2.21. The van der Waals surface area contributed by atoms with Crippen molar-refractivity contribution in [1.82, 2.24) is 9.78 Å². The number of hydrogen-bond donors (Lipinski definition) is 1. The minimum absolute atomic E-state index is 0.0303. The van der Waals surface area contributed by atoms with Crippen LogP contribution in [0.15, 0.2) is 36.5 Å². The molecular weight excluding hydrogens is 281 g/mol. The van der Waals surface area contributed by atoms with Gasteiger partial charge in [0.15, 0.2) is 0 Å². The van der Waals surface area contributed by atoms with E-state index >= 15 is 0 Å². The van der Waals surface area contributed by atoms with Gasteiger partial charge in [-0.3, -0.25) is 4.79 Å². The van der Waals surface area contributed by atoms with E-state index in [1.165, 1.54) is 25.3 Å². The van der Waals surface area contributed by atoms with Gasteiger partial charge in [0.25, 0.3) is 0 Å². The molecule has 0 atom stereocenters. The lowest BCUT2D eigenvalue weighted by atomic mass is 9.96. The van der Waals surface area contributed by atoms with E-state index in [0.29, 0.717) is 17.4 Å². The number of hydrogen-bond acceptors (Lipinski definition) is 2. The zero-order valence-corrected chi connectivity index (χ0v) is 12.5. The van der Waals surface area contributed by atoms with Crippen molar-refractivity contribution >= 4 is 11.7 Å². The zero-order chi connectivity index (χ0) is 15.4. The SMILES string of the molecule is O=C(Cc1ccccc1F)Nc1ccnn1C1CCCCC1. The van der Waals surface area contributed by atoms with Gasteiger partial charge >= 0.3 is 0 Å². The minimum atomic E-state index is -0.349. The summed E-state index contributed by atoms with van der Waals surface area (Å²) in [5.74, 6) is 0.134. The van der Waals surface area contributed by atoms with Crippen molar-refractivity contribution in [3.05, 3.63) is 47.9 Å². The molecule has 0 saturated heterocycles. The highest BCUT2D eigenvalue weighted by molar-refractivity contribution is 5.91. The van der Waals surface area contributed by atoms with Crippen molar-refractivity contribution in [2.24, 2.45) is 0 Å². The van der Waals surface area contributed by atoms with Gasteiger partial charge in [-0.05, 0) is 24.5 Å². The van der Waals surface area contributed by atoms with Gasteiger partial charge in [0, 0.05) is 6.07 Å². The van der Waals surface area contributed by atoms with E-state index in [9.17, 15) is 9.18 Å².